The smallest absolute Gasteiger partial charge is 0.434 e. The summed E-state index contributed by atoms with van der Waals surface area (Å²) in [5.41, 5.74) is 0. The Morgan fingerprint density at radius 1 is 0.395 bits per heavy atom. The topological polar surface area (TPSA) is 35.5 Å². The van der Waals surface area contributed by atoms with E-state index in [2.05, 4.69) is 26.0 Å². The van der Waals surface area contributed by atoms with Crippen LogP contribution in [-0.2, 0) is 9.47 Å². The lowest BCUT2D eigenvalue weighted by molar-refractivity contribution is 0.0529. The molecule has 0 N–H and O–H groups in total. The van der Waals surface area contributed by atoms with Gasteiger partial charge in [0.15, 0.2) is 0 Å². The van der Waals surface area contributed by atoms with Gasteiger partial charge in [-0.1, -0.05) is 167 Å². The van der Waals surface area contributed by atoms with Gasteiger partial charge in [-0.25, -0.2) is 4.79 Å². The van der Waals surface area contributed by atoms with E-state index < -0.39 is 6.16 Å². The van der Waals surface area contributed by atoms with Crippen molar-refractivity contribution in [2.24, 2.45) is 0 Å². The number of carbonyl (C=O) groups excluding carboxylic acids is 1. The van der Waals surface area contributed by atoms with Crippen LogP contribution in [0.3, 0.4) is 0 Å². The van der Waals surface area contributed by atoms with E-state index in [0.29, 0.717) is 13.2 Å². The Balaban J connectivity index is 3.18. The van der Waals surface area contributed by atoms with Gasteiger partial charge in [-0.2, -0.15) is 0 Å². The molecule has 0 aliphatic heterocycles. The minimum Gasteiger partial charge on any atom is -0.434 e. The molecule has 3 nitrogen and oxygen atoms in total. The van der Waals surface area contributed by atoms with Crippen molar-refractivity contribution in [2.75, 3.05) is 13.2 Å². The minimum atomic E-state index is -0.479. The third-order valence-corrected chi connectivity index (χ3v) is 7.59. The highest BCUT2D eigenvalue weighted by Gasteiger charge is 2.03. The second kappa shape index (κ2) is 34.0. The fourth-order valence-electron chi connectivity index (χ4n) is 5.00. The van der Waals surface area contributed by atoms with Gasteiger partial charge < -0.3 is 9.47 Å². The van der Waals surface area contributed by atoms with Gasteiger partial charge >= 0.3 is 6.16 Å². The Kier molecular flexibility index (Phi) is 33.2. The first-order valence-electron chi connectivity index (χ1n) is 17.3. The van der Waals surface area contributed by atoms with Crippen LogP contribution in [0.5, 0.6) is 0 Å². The summed E-state index contributed by atoms with van der Waals surface area (Å²) in [5, 5.41) is 0. The summed E-state index contributed by atoms with van der Waals surface area (Å²) in [6.07, 6.45) is 41.0. The molecule has 0 saturated carbocycles. The highest BCUT2D eigenvalue weighted by atomic mass is 16.7. The molecule has 0 amide bonds. The van der Waals surface area contributed by atoms with Crippen LogP contribution in [0, 0.1) is 0 Å². The Bertz CT molecular complexity index is 474. The summed E-state index contributed by atoms with van der Waals surface area (Å²) < 4.78 is 10.4. The molecule has 226 valence electrons. The molecule has 0 heterocycles. The largest absolute Gasteiger partial charge is 0.508 e. The van der Waals surface area contributed by atoms with Crippen molar-refractivity contribution in [1.82, 2.24) is 0 Å². The average Bonchev–Trinajstić information content (AvgIpc) is 2.92. The van der Waals surface area contributed by atoms with E-state index in [1.54, 1.807) is 0 Å². The van der Waals surface area contributed by atoms with Crippen molar-refractivity contribution in [1.29, 1.82) is 0 Å². The van der Waals surface area contributed by atoms with Crippen molar-refractivity contribution in [3.05, 3.63) is 12.2 Å². The third kappa shape index (κ3) is 33.0. The van der Waals surface area contributed by atoms with Crippen molar-refractivity contribution in [3.63, 3.8) is 0 Å². The zero-order valence-electron chi connectivity index (χ0n) is 26.1. The molecular weight excluding hydrogens is 468 g/mol. The van der Waals surface area contributed by atoms with Gasteiger partial charge in [0, 0.05) is 0 Å². The third-order valence-electron chi connectivity index (χ3n) is 7.59. The first kappa shape index (κ1) is 37.0. The number of allylic oxidation sites excluding steroid dienone is 2. The average molecular weight is 537 g/mol. The zero-order chi connectivity index (χ0) is 27.6. The number of carbonyl (C=O) groups is 1. The normalized spacial score (nSPS) is 11.4. The predicted molar refractivity (Wildman–Crippen MR) is 167 cm³/mol. The standard InChI is InChI=1S/C35H68O3/c1-3-5-7-9-11-13-15-17-19-20-22-24-26-28-30-32-34-38-35(36)37-33-31-29-27-25-23-21-18-16-14-12-10-8-6-4-2/h17,19H,3-16,18,20-34H2,1-2H3/b19-17-. The molecule has 0 aromatic carbocycles. The Morgan fingerprint density at radius 2 is 0.658 bits per heavy atom. The zero-order valence-corrected chi connectivity index (χ0v) is 26.1. The molecule has 0 spiro atoms. The van der Waals surface area contributed by atoms with E-state index in [1.807, 2.05) is 0 Å². The van der Waals surface area contributed by atoms with Crippen LogP contribution < -0.4 is 0 Å². The van der Waals surface area contributed by atoms with E-state index in [0.717, 1.165) is 25.7 Å². The first-order valence-corrected chi connectivity index (χ1v) is 17.3. The first-order chi connectivity index (χ1) is 18.8. The van der Waals surface area contributed by atoms with Gasteiger partial charge in [0.1, 0.15) is 0 Å². The van der Waals surface area contributed by atoms with Crippen LogP contribution >= 0.6 is 0 Å². The fraction of sp³-hybridized carbons (Fsp3) is 0.914. The van der Waals surface area contributed by atoms with Crippen LogP contribution in [-0.4, -0.2) is 19.4 Å². The molecule has 0 aliphatic carbocycles. The molecule has 38 heavy (non-hydrogen) atoms. The molecule has 0 aromatic rings. The quantitative estimate of drug-likeness (QED) is 0.0502. The number of hydrogen-bond acceptors (Lipinski definition) is 3. The minimum absolute atomic E-state index is 0.479. The van der Waals surface area contributed by atoms with Crippen LogP contribution in [0.15, 0.2) is 12.2 Å². The van der Waals surface area contributed by atoms with Crippen molar-refractivity contribution < 1.29 is 14.3 Å². The second-order valence-corrected chi connectivity index (χ2v) is 11.5. The summed E-state index contributed by atoms with van der Waals surface area (Å²) in [7, 11) is 0. The van der Waals surface area contributed by atoms with Gasteiger partial charge in [-0.3, -0.25) is 0 Å². The lowest BCUT2D eigenvalue weighted by Crippen LogP contribution is -2.09. The maximum atomic E-state index is 11.7. The fourth-order valence-corrected chi connectivity index (χ4v) is 5.00. The van der Waals surface area contributed by atoms with Gasteiger partial charge in [0.05, 0.1) is 13.2 Å². The van der Waals surface area contributed by atoms with E-state index in [9.17, 15) is 4.79 Å². The van der Waals surface area contributed by atoms with Gasteiger partial charge in [0.25, 0.3) is 0 Å². The molecule has 0 aromatic heterocycles. The molecule has 0 aliphatic rings. The van der Waals surface area contributed by atoms with Gasteiger partial charge in [-0.05, 0) is 38.5 Å². The van der Waals surface area contributed by atoms with Crippen LogP contribution in [0.2, 0.25) is 0 Å². The number of unbranched alkanes of at least 4 members (excludes halogenated alkanes) is 25. The monoisotopic (exact) mass is 537 g/mol. The number of rotatable bonds is 31. The summed E-state index contributed by atoms with van der Waals surface area (Å²) >= 11 is 0. The van der Waals surface area contributed by atoms with Crippen molar-refractivity contribution >= 4 is 6.16 Å². The summed E-state index contributed by atoms with van der Waals surface area (Å²) in [6, 6.07) is 0. The van der Waals surface area contributed by atoms with Crippen molar-refractivity contribution in [3.8, 4) is 0 Å². The van der Waals surface area contributed by atoms with Gasteiger partial charge in [0.2, 0.25) is 0 Å². The highest BCUT2D eigenvalue weighted by molar-refractivity contribution is 5.59. The lowest BCUT2D eigenvalue weighted by Gasteiger charge is -2.06. The van der Waals surface area contributed by atoms with Gasteiger partial charge in [-0.15, -0.1) is 0 Å². The molecule has 0 saturated heterocycles. The highest BCUT2D eigenvalue weighted by Crippen LogP contribution is 2.13. The Morgan fingerprint density at radius 3 is 0.974 bits per heavy atom. The summed E-state index contributed by atoms with van der Waals surface area (Å²) in [5.74, 6) is 0. The molecule has 0 radical (unpaired) electrons. The maximum absolute atomic E-state index is 11.7. The number of ether oxygens (including phenoxy) is 2. The molecule has 0 bridgehead atoms. The second-order valence-electron chi connectivity index (χ2n) is 11.5. The van der Waals surface area contributed by atoms with E-state index in [4.69, 9.17) is 9.47 Å². The summed E-state index contributed by atoms with van der Waals surface area (Å²) in [6.45, 7) is 5.56. The van der Waals surface area contributed by atoms with E-state index >= 15 is 0 Å². The molecule has 3 heteroatoms. The molecule has 0 unspecified atom stereocenters. The molecular formula is C35H68O3. The van der Waals surface area contributed by atoms with Crippen LogP contribution in [0.25, 0.3) is 0 Å². The number of hydrogen-bond donors (Lipinski definition) is 0. The SMILES string of the molecule is CCCCCCCC/C=C\CCCCCCCCOC(=O)OCCCCCCCCCCCCCCCC. The lowest BCUT2D eigenvalue weighted by atomic mass is 10.0. The molecule has 0 atom stereocenters. The molecule has 0 rings (SSSR count). The predicted octanol–water partition coefficient (Wildman–Crippen LogP) is 12.7. The van der Waals surface area contributed by atoms with E-state index in [1.165, 1.54) is 154 Å². The van der Waals surface area contributed by atoms with Crippen LogP contribution in [0.4, 0.5) is 4.79 Å². The van der Waals surface area contributed by atoms with Crippen LogP contribution in [0.1, 0.15) is 194 Å². The summed E-state index contributed by atoms with van der Waals surface area (Å²) in [4.78, 5) is 11.7. The molecule has 0 fully saturated rings. The Labute approximate surface area is 239 Å². The van der Waals surface area contributed by atoms with E-state index in [-0.39, 0.29) is 0 Å². The maximum Gasteiger partial charge on any atom is 0.508 e. The van der Waals surface area contributed by atoms with Crippen molar-refractivity contribution in [2.45, 2.75) is 194 Å². The Hall–Kier alpha value is -0.990.